The van der Waals surface area contributed by atoms with E-state index in [4.69, 9.17) is 5.73 Å². The van der Waals surface area contributed by atoms with Crippen molar-refractivity contribution >= 4 is 11.9 Å². The molecule has 4 N–H and O–H groups in total. The number of likely N-dealkylation sites (tertiary alicyclic amines) is 1. The van der Waals surface area contributed by atoms with Crippen LogP contribution in [-0.2, 0) is 4.79 Å². The van der Waals surface area contributed by atoms with Gasteiger partial charge in [-0.1, -0.05) is 0 Å². The standard InChI is InChI=1S/C12H22N4O2/c13-11(18)15-10(17)7-16-6-2-4-12(9-16)3-1-5-14-8-12/h14H,1-9H2,(H3,13,15,17,18). The second-order valence-corrected chi connectivity index (χ2v) is 5.51. The SMILES string of the molecule is NC(=O)NC(=O)CN1CCCC2(CCCNC2)C1. The summed E-state index contributed by atoms with van der Waals surface area (Å²) in [6.07, 6.45) is 4.79. The van der Waals surface area contributed by atoms with E-state index in [0.29, 0.717) is 5.41 Å². The van der Waals surface area contributed by atoms with Crippen LogP contribution >= 0.6 is 0 Å². The highest BCUT2D eigenvalue weighted by Crippen LogP contribution is 2.35. The molecule has 1 atom stereocenters. The molecule has 18 heavy (non-hydrogen) atoms. The van der Waals surface area contributed by atoms with E-state index < -0.39 is 6.03 Å². The van der Waals surface area contributed by atoms with Crippen LogP contribution in [0.25, 0.3) is 0 Å². The molecule has 0 aromatic rings. The Kier molecular flexibility index (Phi) is 4.19. The fourth-order valence-corrected chi connectivity index (χ4v) is 3.20. The van der Waals surface area contributed by atoms with Gasteiger partial charge in [-0.15, -0.1) is 0 Å². The van der Waals surface area contributed by atoms with Gasteiger partial charge in [-0.05, 0) is 44.2 Å². The number of carbonyl (C=O) groups excluding carboxylic acids is 2. The Balaban J connectivity index is 1.86. The lowest BCUT2D eigenvalue weighted by Gasteiger charge is -2.45. The number of hydrogen-bond donors (Lipinski definition) is 3. The van der Waals surface area contributed by atoms with Gasteiger partial charge in [-0.3, -0.25) is 15.0 Å². The summed E-state index contributed by atoms with van der Waals surface area (Å²) >= 11 is 0. The van der Waals surface area contributed by atoms with Crippen molar-refractivity contribution in [3.05, 3.63) is 0 Å². The highest BCUT2D eigenvalue weighted by atomic mass is 16.2. The quantitative estimate of drug-likeness (QED) is 0.628. The van der Waals surface area contributed by atoms with Crippen LogP contribution in [0.3, 0.4) is 0 Å². The zero-order chi connectivity index (χ0) is 13.0. The Bertz CT molecular complexity index is 321. The van der Waals surface area contributed by atoms with Crippen molar-refractivity contribution in [3.8, 4) is 0 Å². The normalized spacial score (nSPS) is 29.1. The smallest absolute Gasteiger partial charge is 0.318 e. The maximum atomic E-state index is 11.5. The predicted octanol–water partition coefficient (Wildman–Crippen LogP) is -0.353. The highest BCUT2D eigenvalue weighted by molar-refractivity contribution is 5.94. The number of imide groups is 1. The van der Waals surface area contributed by atoms with Crippen LogP contribution in [0.2, 0.25) is 0 Å². The number of carbonyl (C=O) groups is 2. The number of piperidine rings is 2. The molecular weight excluding hydrogens is 232 g/mol. The molecule has 2 aliphatic heterocycles. The summed E-state index contributed by atoms with van der Waals surface area (Å²) in [5.74, 6) is -0.302. The summed E-state index contributed by atoms with van der Waals surface area (Å²) in [4.78, 5) is 24.3. The molecule has 0 saturated carbocycles. The minimum atomic E-state index is -0.772. The lowest BCUT2D eigenvalue weighted by Crippen LogP contribution is -2.53. The van der Waals surface area contributed by atoms with Gasteiger partial charge in [0, 0.05) is 13.1 Å². The topological polar surface area (TPSA) is 87.5 Å². The molecule has 2 fully saturated rings. The Labute approximate surface area is 107 Å². The van der Waals surface area contributed by atoms with Gasteiger partial charge < -0.3 is 11.1 Å². The summed E-state index contributed by atoms with van der Waals surface area (Å²) in [6, 6.07) is -0.772. The zero-order valence-electron chi connectivity index (χ0n) is 10.7. The van der Waals surface area contributed by atoms with E-state index in [1.165, 1.54) is 19.3 Å². The Morgan fingerprint density at radius 3 is 2.78 bits per heavy atom. The maximum Gasteiger partial charge on any atom is 0.318 e. The first-order valence-corrected chi connectivity index (χ1v) is 6.62. The predicted molar refractivity (Wildman–Crippen MR) is 67.9 cm³/mol. The molecule has 1 spiro atoms. The minimum absolute atomic E-state index is 0.269. The lowest BCUT2D eigenvalue weighted by atomic mass is 9.74. The van der Waals surface area contributed by atoms with Gasteiger partial charge in [0.2, 0.25) is 5.91 Å². The molecular formula is C12H22N4O2. The largest absolute Gasteiger partial charge is 0.351 e. The van der Waals surface area contributed by atoms with Gasteiger partial charge in [0.25, 0.3) is 0 Å². The molecule has 2 rings (SSSR count). The van der Waals surface area contributed by atoms with E-state index in [-0.39, 0.29) is 12.5 Å². The second kappa shape index (κ2) is 5.67. The number of nitrogens with two attached hydrogens (primary N) is 1. The van der Waals surface area contributed by atoms with Crippen molar-refractivity contribution in [2.75, 3.05) is 32.7 Å². The zero-order valence-corrected chi connectivity index (χ0v) is 10.7. The summed E-state index contributed by atoms with van der Waals surface area (Å²) in [7, 11) is 0. The van der Waals surface area contributed by atoms with Crippen LogP contribution in [0.15, 0.2) is 0 Å². The fourth-order valence-electron chi connectivity index (χ4n) is 3.20. The average molecular weight is 254 g/mol. The van der Waals surface area contributed by atoms with Crippen molar-refractivity contribution in [2.24, 2.45) is 11.1 Å². The molecule has 0 radical (unpaired) electrons. The lowest BCUT2D eigenvalue weighted by molar-refractivity contribution is -0.122. The Hall–Kier alpha value is -1.14. The number of urea groups is 1. The van der Waals surface area contributed by atoms with Gasteiger partial charge >= 0.3 is 6.03 Å². The highest BCUT2D eigenvalue weighted by Gasteiger charge is 2.36. The van der Waals surface area contributed by atoms with Crippen LogP contribution in [-0.4, -0.2) is 49.6 Å². The van der Waals surface area contributed by atoms with E-state index in [2.05, 4.69) is 15.5 Å². The van der Waals surface area contributed by atoms with Crippen LogP contribution < -0.4 is 16.4 Å². The minimum Gasteiger partial charge on any atom is -0.351 e. The molecule has 0 aromatic heterocycles. The number of amides is 3. The van der Waals surface area contributed by atoms with Crippen LogP contribution in [0.4, 0.5) is 4.79 Å². The van der Waals surface area contributed by atoms with Crippen molar-refractivity contribution < 1.29 is 9.59 Å². The van der Waals surface area contributed by atoms with Crippen LogP contribution in [0, 0.1) is 5.41 Å². The number of primary amides is 1. The van der Waals surface area contributed by atoms with Crippen molar-refractivity contribution in [2.45, 2.75) is 25.7 Å². The van der Waals surface area contributed by atoms with Crippen molar-refractivity contribution in [1.82, 2.24) is 15.5 Å². The average Bonchev–Trinajstić information content (AvgIpc) is 2.28. The summed E-state index contributed by atoms with van der Waals surface area (Å²) in [5, 5.41) is 5.57. The summed E-state index contributed by atoms with van der Waals surface area (Å²) < 4.78 is 0. The van der Waals surface area contributed by atoms with Crippen LogP contribution in [0.1, 0.15) is 25.7 Å². The third kappa shape index (κ3) is 3.43. The molecule has 0 aromatic carbocycles. The number of rotatable bonds is 2. The van der Waals surface area contributed by atoms with E-state index in [1.54, 1.807) is 0 Å². The van der Waals surface area contributed by atoms with E-state index in [9.17, 15) is 9.59 Å². The Morgan fingerprint density at radius 1 is 1.33 bits per heavy atom. The number of nitrogens with zero attached hydrogens (tertiary/aromatic N) is 1. The molecule has 0 bridgehead atoms. The number of nitrogens with one attached hydrogen (secondary N) is 2. The third-order valence-corrected chi connectivity index (χ3v) is 3.93. The molecule has 2 saturated heterocycles. The van der Waals surface area contributed by atoms with E-state index in [0.717, 1.165) is 32.6 Å². The molecule has 2 aliphatic rings. The van der Waals surface area contributed by atoms with E-state index >= 15 is 0 Å². The monoisotopic (exact) mass is 254 g/mol. The first kappa shape index (κ1) is 13.3. The molecule has 1 unspecified atom stereocenters. The second-order valence-electron chi connectivity index (χ2n) is 5.51. The first-order chi connectivity index (χ1) is 8.60. The molecule has 2 heterocycles. The van der Waals surface area contributed by atoms with Gasteiger partial charge in [-0.2, -0.15) is 0 Å². The van der Waals surface area contributed by atoms with Crippen LogP contribution in [0.5, 0.6) is 0 Å². The maximum absolute atomic E-state index is 11.5. The fraction of sp³-hybridized carbons (Fsp3) is 0.833. The van der Waals surface area contributed by atoms with Gasteiger partial charge in [0.05, 0.1) is 6.54 Å². The van der Waals surface area contributed by atoms with Gasteiger partial charge in [0.15, 0.2) is 0 Å². The first-order valence-electron chi connectivity index (χ1n) is 6.62. The Morgan fingerprint density at radius 2 is 2.11 bits per heavy atom. The molecule has 6 nitrogen and oxygen atoms in total. The molecule has 3 amide bonds. The molecule has 102 valence electrons. The van der Waals surface area contributed by atoms with Gasteiger partial charge in [0.1, 0.15) is 0 Å². The van der Waals surface area contributed by atoms with Gasteiger partial charge in [-0.25, -0.2) is 4.79 Å². The molecule has 6 heteroatoms. The van der Waals surface area contributed by atoms with E-state index in [1.807, 2.05) is 0 Å². The summed E-state index contributed by atoms with van der Waals surface area (Å²) in [6.45, 7) is 4.27. The van der Waals surface area contributed by atoms with Crippen molar-refractivity contribution in [1.29, 1.82) is 0 Å². The molecule has 0 aliphatic carbocycles. The number of hydrogen-bond acceptors (Lipinski definition) is 4. The van der Waals surface area contributed by atoms with Crippen molar-refractivity contribution in [3.63, 3.8) is 0 Å². The summed E-state index contributed by atoms with van der Waals surface area (Å²) in [5.41, 5.74) is 5.26. The third-order valence-electron chi connectivity index (χ3n) is 3.93.